The van der Waals surface area contributed by atoms with Crippen molar-refractivity contribution in [1.82, 2.24) is 10.1 Å². The molecule has 6 heteroatoms. The first kappa shape index (κ1) is 16.6. The van der Waals surface area contributed by atoms with Gasteiger partial charge in [-0.25, -0.2) is 0 Å². The van der Waals surface area contributed by atoms with Crippen molar-refractivity contribution in [2.75, 3.05) is 5.32 Å². The number of anilines is 1. The van der Waals surface area contributed by atoms with Crippen LogP contribution in [0.4, 0.5) is 5.69 Å². The molecule has 0 atom stereocenters. The molecule has 1 aromatic carbocycles. The van der Waals surface area contributed by atoms with Crippen LogP contribution in [-0.2, 0) is 17.8 Å². The molecular weight excluding hydrogens is 306 g/mol. The summed E-state index contributed by atoms with van der Waals surface area (Å²) in [5.41, 5.74) is 2.46. The van der Waals surface area contributed by atoms with Gasteiger partial charge >= 0.3 is 0 Å². The molecule has 1 aliphatic carbocycles. The highest BCUT2D eigenvalue weighted by atomic mass is 16.5. The molecule has 1 fully saturated rings. The summed E-state index contributed by atoms with van der Waals surface area (Å²) in [7, 11) is 0. The summed E-state index contributed by atoms with van der Waals surface area (Å²) in [6.45, 7) is 1.87. The first-order chi connectivity index (χ1) is 11.7. The van der Waals surface area contributed by atoms with Crippen LogP contribution in [0.5, 0.6) is 0 Å². The van der Waals surface area contributed by atoms with Crippen LogP contribution in [0, 0.1) is 6.92 Å². The Balaban J connectivity index is 1.54. The zero-order valence-corrected chi connectivity index (χ0v) is 13.9. The Hall–Kier alpha value is -2.21. The number of carbonyl (C=O) groups is 1. The molecule has 128 valence electrons. The number of amides is 1. The summed E-state index contributed by atoms with van der Waals surface area (Å²) < 4.78 is 5.26. The van der Waals surface area contributed by atoms with Gasteiger partial charge in [-0.3, -0.25) is 4.79 Å². The number of hydrogen-bond acceptors (Lipinski definition) is 5. The van der Waals surface area contributed by atoms with E-state index in [1.165, 1.54) is 12.8 Å². The number of carbonyl (C=O) groups excluding carboxylic acids is 1. The number of nitrogens with zero attached hydrogens (tertiary/aromatic N) is 2. The van der Waals surface area contributed by atoms with Crippen LogP contribution in [0.1, 0.15) is 60.9 Å². The number of nitrogens with one attached hydrogen (secondary N) is 1. The standard InChI is InChI=1S/C18H23N3O3/c1-12-6-7-13(11-22)10-15(12)19-16(23)8-9-17-20-18(21-24-17)14-4-2-3-5-14/h6-7,10,14,22H,2-5,8-9,11H2,1H3,(H,19,23). The molecule has 1 heterocycles. The van der Waals surface area contributed by atoms with Crippen molar-refractivity contribution in [1.29, 1.82) is 0 Å². The lowest BCUT2D eigenvalue weighted by molar-refractivity contribution is -0.116. The smallest absolute Gasteiger partial charge is 0.227 e. The summed E-state index contributed by atoms with van der Waals surface area (Å²) in [6.07, 6.45) is 5.42. The minimum atomic E-state index is -0.103. The Bertz CT molecular complexity index is 705. The molecule has 0 unspecified atom stereocenters. The molecule has 1 amide bonds. The van der Waals surface area contributed by atoms with E-state index in [1.54, 1.807) is 6.07 Å². The maximum Gasteiger partial charge on any atom is 0.227 e. The van der Waals surface area contributed by atoms with Crippen molar-refractivity contribution in [3.05, 3.63) is 41.0 Å². The van der Waals surface area contributed by atoms with Gasteiger partial charge in [0.05, 0.1) is 6.61 Å². The number of aliphatic hydroxyl groups excluding tert-OH is 1. The zero-order valence-electron chi connectivity index (χ0n) is 13.9. The Labute approximate surface area is 141 Å². The molecule has 1 aromatic heterocycles. The molecule has 1 saturated carbocycles. The van der Waals surface area contributed by atoms with Gasteiger partial charge in [0.2, 0.25) is 11.8 Å². The predicted molar refractivity (Wildman–Crippen MR) is 89.6 cm³/mol. The van der Waals surface area contributed by atoms with E-state index in [1.807, 2.05) is 19.1 Å². The lowest BCUT2D eigenvalue weighted by Crippen LogP contribution is -2.13. The zero-order chi connectivity index (χ0) is 16.9. The molecule has 0 radical (unpaired) electrons. The number of aliphatic hydroxyl groups is 1. The van der Waals surface area contributed by atoms with Crippen molar-refractivity contribution >= 4 is 11.6 Å². The van der Waals surface area contributed by atoms with Gasteiger partial charge in [-0.2, -0.15) is 4.98 Å². The number of aryl methyl sites for hydroxylation is 2. The number of benzene rings is 1. The summed E-state index contributed by atoms with van der Waals surface area (Å²) in [5.74, 6) is 1.62. The highest BCUT2D eigenvalue weighted by Crippen LogP contribution is 2.32. The first-order valence-corrected chi connectivity index (χ1v) is 8.48. The van der Waals surface area contributed by atoms with Crippen LogP contribution in [0.2, 0.25) is 0 Å². The van der Waals surface area contributed by atoms with E-state index in [4.69, 9.17) is 4.52 Å². The first-order valence-electron chi connectivity index (χ1n) is 8.48. The average molecular weight is 329 g/mol. The second kappa shape index (κ2) is 7.57. The van der Waals surface area contributed by atoms with Gasteiger partial charge in [0.15, 0.2) is 5.82 Å². The van der Waals surface area contributed by atoms with Crippen LogP contribution in [0.3, 0.4) is 0 Å². The Morgan fingerprint density at radius 1 is 1.38 bits per heavy atom. The van der Waals surface area contributed by atoms with Gasteiger partial charge in [-0.15, -0.1) is 0 Å². The fraction of sp³-hybridized carbons (Fsp3) is 0.500. The molecule has 0 spiro atoms. The van der Waals surface area contributed by atoms with Gasteiger partial charge in [0.1, 0.15) is 0 Å². The lowest BCUT2D eigenvalue weighted by atomic mass is 10.1. The lowest BCUT2D eigenvalue weighted by Gasteiger charge is -2.09. The van der Waals surface area contributed by atoms with Gasteiger partial charge in [0, 0.05) is 24.4 Å². The van der Waals surface area contributed by atoms with Crippen molar-refractivity contribution < 1.29 is 14.4 Å². The molecule has 0 saturated heterocycles. The van der Waals surface area contributed by atoms with Crippen molar-refractivity contribution in [2.45, 2.75) is 58.0 Å². The molecule has 6 nitrogen and oxygen atoms in total. The fourth-order valence-electron chi connectivity index (χ4n) is 3.05. The van der Waals surface area contributed by atoms with E-state index in [9.17, 15) is 9.90 Å². The third kappa shape index (κ3) is 4.00. The van der Waals surface area contributed by atoms with E-state index in [0.717, 1.165) is 35.5 Å². The van der Waals surface area contributed by atoms with Gasteiger partial charge < -0.3 is 14.9 Å². The predicted octanol–water partition coefficient (Wildman–Crippen LogP) is 3.10. The van der Waals surface area contributed by atoms with E-state index in [0.29, 0.717) is 18.2 Å². The van der Waals surface area contributed by atoms with Crippen molar-refractivity contribution in [3.63, 3.8) is 0 Å². The molecule has 24 heavy (non-hydrogen) atoms. The van der Waals surface area contributed by atoms with Crippen molar-refractivity contribution in [2.24, 2.45) is 0 Å². The number of rotatable bonds is 6. The molecule has 1 aliphatic rings. The number of hydrogen-bond donors (Lipinski definition) is 2. The topological polar surface area (TPSA) is 88.2 Å². The van der Waals surface area contributed by atoms with E-state index >= 15 is 0 Å². The van der Waals surface area contributed by atoms with Crippen LogP contribution >= 0.6 is 0 Å². The fourth-order valence-corrected chi connectivity index (χ4v) is 3.05. The Kier molecular flexibility index (Phi) is 5.25. The van der Waals surface area contributed by atoms with Crippen molar-refractivity contribution in [3.8, 4) is 0 Å². The summed E-state index contributed by atoms with van der Waals surface area (Å²) >= 11 is 0. The van der Waals surface area contributed by atoms with Crippen LogP contribution < -0.4 is 5.32 Å². The van der Waals surface area contributed by atoms with E-state index in [-0.39, 0.29) is 18.9 Å². The highest BCUT2D eigenvalue weighted by Gasteiger charge is 2.22. The molecule has 3 rings (SSSR count). The SMILES string of the molecule is Cc1ccc(CO)cc1NC(=O)CCc1nc(C2CCCC2)no1. The van der Waals surface area contributed by atoms with E-state index < -0.39 is 0 Å². The molecule has 2 N–H and O–H groups in total. The third-order valence-electron chi connectivity index (χ3n) is 4.53. The molecule has 0 bridgehead atoms. The summed E-state index contributed by atoms with van der Waals surface area (Å²) in [5, 5.41) is 16.1. The second-order valence-electron chi connectivity index (χ2n) is 6.38. The second-order valence-corrected chi connectivity index (χ2v) is 6.38. The Morgan fingerprint density at radius 2 is 2.17 bits per heavy atom. The minimum Gasteiger partial charge on any atom is -0.392 e. The Morgan fingerprint density at radius 3 is 2.92 bits per heavy atom. The summed E-state index contributed by atoms with van der Waals surface area (Å²) in [4.78, 5) is 16.6. The van der Waals surface area contributed by atoms with E-state index in [2.05, 4.69) is 15.5 Å². The largest absolute Gasteiger partial charge is 0.392 e. The molecule has 0 aliphatic heterocycles. The quantitative estimate of drug-likeness (QED) is 0.850. The van der Waals surface area contributed by atoms with Gasteiger partial charge in [0.25, 0.3) is 0 Å². The van der Waals surface area contributed by atoms with Gasteiger partial charge in [-0.1, -0.05) is 30.1 Å². The highest BCUT2D eigenvalue weighted by molar-refractivity contribution is 5.91. The summed E-state index contributed by atoms with van der Waals surface area (Å²) in [6, 6.07) is 5.51. The molecular formula is C18H23N3O3. The van der Waals surface area contributed by atoms with Crippen LogP contribution in [-0.4, -0.2) is 21.2 Å². The number of aromatic nitrogens is 2. The van der Waals surface area contributed by atoms with Crippen LogP contribution in [0.25, 0.3) is 0 Å². The van der Waals surface area contributed by atoms with Gasteiger partial charge in [-0.05, 0) is 37.0 Å². The van der Waals surface area contributed by atoms with Crippen LogP contribution in [0.15, 0.2) is 22.7 Å². The monoisotopic (exact) mass is 329 g/mol. The normalized spacial score (nSPS) is 14.9. The minimum absolute atomic E-state index is 0.0465. The average Bonchev–Trinajstić information content (AvgIpc) is 3.26. The maximum absolute atomic E-state index is 12.1. The third-order valence-corrected chi connectivity index (χ3v) is 4.53. The maximum atomic E-state index is 12.1. The molecule has 2 aromatic rings.